The van der Waals surface area contributed by atoms with E-state index in [2.05, 4.69) is 42.8 Å². The van der Waals surface area contributed by atoms with E-state index < -0.39 is 0 Å². The number of ether oxygens (including phenoxy) is 1. The average molecular weight is 347 g/mol. The number of esters is 1. The Balaban J connectivity index is 2.10. The van der Waals surface area contributed by atoms with E-state index in [4.69, 9.17) is 4.74 Å². The van der Waals surface area contributed by atoms with Crippen LogP contribution in [0, 0.1) is 0 Å². The van der Waals surface area contributed by atoms with Crippen LogP contribution in [0.4, 0.5) is 0 Å². The van der Waals surface area contributed by atoms with Gasteiger partial charge in [-0.05, 0) is 31.1 Å². The van der Waals surface area contributed by atoms with E-state index in [9.17, 15) is 4.79 Å². The molecular formula is C23H25NO2. The van der Waals surface area contributed by atoms with Crippen molar-refractivity contribution in [1.29, 1.82) is 0 Å². The Morgan fingerprint density at radius 3 is 2.50 bits per heavy atom. The fourth-order valence-electron chi connectivity index (χ4n) is 3.21. The summed E-state index contributed by atoms with van der Waals surface area (Å²) < 4.78 is 7.55. The summed E-state index contributed by atoms with van der Waals surface area (Å²) in [4.78, 5) is 12.3. The Hall–Kier alpha value is -2.81. The number of benzene rings is 2. The Kier molecular flexibility index (Phi) is 5.57. The molecule has 1 heterocycles. The molecule has 3 nitrogen and oxygen atoms in total. The SMILES string of the molecule is CCCCOC(=O)C(C)=Cc1c(-c2ccccc2)n(C)c2ccccc12. The first-order valence-electron chi connectivity index (χ1n) is 9.11. The van der Waals surface area contributed by atoms with E-state index in [1.807, 2.05) is 43.3 Å². The van der Waals surface area contributed by atoms with E-state index in [0.717, 1.165) is 40.6 Å². The van der Waals surface area contributed by atoms with Crippen LogP contribution in [0.2, 0.25) is 0 Å². The Bertz CT molecular complexity index is 936. The highest BCUT2D eigenvalue weighted by atomic mass is 16.5. The molecule has 3 rings (SSSR count). The molecule has 2 aromatic carbocycles. The quantitative estimate of drug-likeness (QED) is 0.330. The molecule has 0 saturated carbocycles. The van der Waals surface area contributed by atoms with Crippen LogP contribution in [0.5, 0.6) is 0 Å². The summed E-state index contributed by atoms with van der Waals surface area (Å²) in [6.07, 6.45) is 3.86. The molecule has 134 valence electrons. The van der Waals surface area contributed by atoms with Crippen molar-refractivity contribution in [2.45, 2.75) is 26.7 Å². The van der Waals surface area contributed by atoms with Gasteiger partial charge in [-0.15, -0.1) is 0 Å². The molecule has 0 N–H and O–H groups in total. The topological polar surface area (TPSA) is 31.2 Å². The predicted molar refractivity (Wildman–Crippen MR) is 108 cm³/mol. The van der Waals surface area contributed by atoms with Crippen molar-refractivity contribution in [2.24, 2.45) is 7.05 Å². The fourth-order valence-corrected chi connectivity index (χ4v) is 3.21. The van der Waals surface area contributed by atoms with Crippen LogP contribution in [0.25, 0.3) is 28.2 Å². The Morgan fingerprint density at radius 2 is 1.77 bits per heavy atom. The van der Waals surface area contributed by atoms with Gasteiger partial charge in [0.25, 0.3) is 0 Å². The van der Waals surface area contributed by atoms with Gasteiger partial charge in [0.15, 0.2) is 0 Å². The summed E-state index contributed by atoms with van der Waals surface area (Å²) in [7, 11) is 2.07. The number of aryl methyl sites for hydroxylation is 1. The molecular weight excluding hydrogens is 322 g/mol. The molecule has 3 heteroatoms. The van der Waals surface area contributed by atoms with Gasteiger partial charge in [0.2, 0.25) is 0 Å². The lowest BCUT2D eigenvalue weighted by Crippen LogP contribution is -2.06. The lowest BCUT2D eigenvalue weighted by molar-refractivity contribution is -0.138. The number of carbonyl (C=O) groups excluding carboxylic acids is 1. The summed E-state index contributed by atoms with van der Waals surface area (Å²) in [6.45, 7) is 4.38. The number of nitrogens with zero attached hydrogens (tertiary/aromatic N) is 1. The monoisotopic (exact) mass is 347 g/mol. The Morgan fingerprint density at radius 1 is 1.08 bits per heavy atom. The van der Waals surface area contributed by atoms with E-state index in [0.29, 0.717) is 12.2 Å². The molecule has 0 aliphatic carbocycles. The normalized spacial score (nSPS) is 11.7. The molecule has 0 saturated heterocycles. The maximum Gasteiger partial charge on any atom is 0.333 e. The third kappa shape index (κ3) is 3.57. The number of hydrogen-bond acceptors (Lipinski definition) is 2. The maximum atomic E-state index is 12.3. The number of carbonyl (C=O) groups is 1. The zero-order chi connectivity index (χ0) is 18.5. The maximum absolute atomic E-state index is 12.3. The molecule has 0 fully saturated rings. The molecule has 0 spiro atoms. The third-order valence-electron chi connectivity index (χ3n) is 4.61. The molecule has 1 aromatic heterocycles. The van der Waals surface area contributed by atoms with Crippen molar-refractivity contribution in [1.82, 2.24) is 4.57 Å². The zero-order valence-corrected chi connectivity index (χ0v) is 15.7. The van der Waals surface area contributed by atoms with Gasteiger partial charge < -0.3 is 9.30 Å². The predicted octanol–water partition coefficient (Wildman–Crippen LogP) is 5.59. The van der Waals surface area contributed by atoms with Gasteiger partial charge in [0.05, 0.1) is 12.3 Å². The molecule has 0 aliphatic heterocycles. The summed E-state index contributed by atoms with van der Waals surface area (Å²) in [6, 6.07) is 18.6. The highest BCUT2D eigenvalue weighted by Gasteiger charge is 2.16. The van der Waals surface area contributed by atoms with Gasteiger partial charge in [-0.3, -0.25) is 0 Å². The largest absolute Gasteiger partial charge is 0.462 e. The minimum atomic E-state index is -0.245. The lowest BCUT2D eigenvalue weighted by atomic mass is 10.0. The van der Waals surface area contributed by atoms with Crippen molar-refractivity contribution < 1.29 is 9.53 Å². The molecule has 0 atom stereocenters. The van der Waals surface area contributed by atoms with Crippen LogP contribution in [0.15, 0.2) is 60.2 Å². The average Bonchev–Trinajstić information content (AvgIpc) is 2.95. The first-order chi connectivity index (χ1) is 12.6. The number of para-hydroxylation sites is 1. The first-order valence-corrected chi connectivity index (χ1v) is 9.11. The highest BCUT2D eigenvalue weighted by molar-refractivity contribution is 6.02. The van der Waals surface area contributed by atoms with Gasteiger partial charge in [0, 0.05) is 29.1 Å². The van der Waals surface area contributed by atoms with Crippen molar-refractivity contribution in [3.63, 3.8) is 0 Å². The van der Waals surface area contributed by atoms with Crippen LogP contribution in [0.1, 0.15) is 32.3 Å². The Labute approximate surface area is 154 Å². The molecule has 0 bridgehead atoms. The molecule has 26 heavy (non-hydrogen) atoms. The summed E-state index contributed by atoms with van der Waals surface area (Å²) >= 11 is 0. The standard InChI is InChI=1S/C23H25NO2/c1-4-5-15-26-23(25)17(2)16-20-19-13-9-10-14-21(19)24(3)22(20)18-11-7-6-8-12-18/h6-14,16H,4-5,15H2,1-3H3. The number of unbranched alkanes of at least 4 members (excludes halogenated alkanes) is 1. The number of rotatable bonds is 6. The number of hydrogen-bond donors (Lipinski definition) is 0. The van der Waals surface area contributed by atoms with Gasteiger partial charge in [0.1, 0.15) is 0 Å². The molecule has 0 radical (unpaired) electrons. The molecule has 0 unspecified atom stereocenters. The van der Waals surface area contributed by atoms with Crippen molar-refractivity contribution in [2.75, 3.05) is 6.61 Å². The highest BCUT2D eigenvalue weighted by Crippen LogP contribution is 2.34. The third-order valence-corrected chi connectivity index (χ3v) is 4.61. The van der Waals surface area contributed by atoms with Gasteiger partial charge in [-0.2, -0.15) is 0 Å². The number of fused-ring (bicyclic) bond motifs is 1. The van der Waals surface area contributed by atoms with E-state index in [-0.39, 0.29) is 5.97 Å². The second-order valence-electron chi connectivity index (χ2n) is 6.52. The second kappa shape index (κ2) is 8.05. The van der Waals surface area contributed by atoms with Gasteiger partial charge in [-0.25, -0.2) is 4.79 Å². The minimum Gasteiger partial charge on any atom is -0.462 e. The van der Waals surface area contributed by atoms with E-state index in [1.54, 1.807) is 0 Å². The van der Waals surface area contributed by atoms with Crippen molar-refractivity contribution in [3.05, 3.63) is 65.7 Å². The smallest absolute Gasteiger partial charge is 0.333 e. The van der Waals surface area contributed by atoms with Gasteiger partial charge >= 0.3 is 5.97 Å². The second-order valence-corrected chi connectivity index (χ2v) is 6.52. The molecule has 0 amide bonds. The van der Waals surface area contributed by atoms with Crippen LogP contribution >= 0.6 is 0 Å². The van der Waals surface area contributed by atoms with E-state index in [1.165, 1.54) is 0 Å². The van der Waals surface area contributed by atoms with E-state index >= 15 is 0 Å². The zero-order valence-electron chi connectivity index (χ0n) is 15.7. The van der Waals surface area contributed by atoms with Crippen LogP contribution < -0.4 is 0 Å². The fraction of sp³-hybridized carbons (Fsp3) is 0.261. The molecule has 3 aromatic rings. The van der Waals surface area contributed by atoms with Gasteiger partial charge in [-0.1, -0.05) is 61.9 Å². The van der Waals surface area contributed by atoms with Crippen molar-refractivity contribution in [3.8, 4) is 11.3 Å². The van der Waals surface area contributed by atoms with Crippen LogP contribution in [-0.2, 0) is 16.6 Å². The molecule has 0 aliphatic rings. The first kappa shape index (κ1) is 18.0. The van der Waals surface area contributed by atoms with Crippen LogP contribution in [-0.4, -0.2) is 17.1 Å². The van der Waals surface area contributed by atoms with Crippen LogP contribution in [0.3, 0.4) is 0 Å². The number of aromatic nitrogens is 1. The van der Waals surface area contributed by atoms with Crippen molar-refractivity contribution >= 4 is 22.9 Å². The lowest BCUT2D eigenvalue weighted by Gasteiger charge is -2.08. The minimum absolute atomic E-state index is 0.245. The summed E-state index contributed by atoms with van der Waals surface area (Å²) in [5, 5.41) is 1.13. The summed E-state index contributed by atoms with van der Waals surface area (Å²) in [5.41, 5.74) is 5.05. The summed E-state index contributed by atoms with van der Waals surface area (Å²) in [5.74, 6) is -0.245.